The third-order valence-electron chi connectivity index (χ3n) is 2.01. The van der Waals surface area contributed by atoms with Crippen LogP contribution in [0.25, 0.3) is 0 Å². The summed E-state index contributed by atoms with van der Waals surface area (Å²) < 4.78 is 0. The van der Waals surface area contributed by atoms with Crippen molar-refractivity contribution in [3.05, 3.63) is 29.8 Å². The van der Waals surface area contributed by atoms with Crippen LogP contribution in [0.15, 0.2) is 29.2 Å². The average Bonchev–Trinajstić information content (AvgIpc) is 2.16. The van der Waals surface area contributed by atoms with Crippen molar-refractivity contribution in [1.82, 2.24) is 0 Å². The molecule has 1 aromatic carbocycles. The van der Waals surface area contributed by atoms with E-state index < -0.39 is 11.9 Å². The van der Waals surface area contributed by atoms with Crippen LogP contribution in [-0.2, 0) is 9.59 Å². The third kappa shape index (κ3) is 3.09. The molecular formula is C11H12O3S. The molecular weight excluding hydrogens is 212 g/mol. The Morgan fingerprint density at radius 2 is 1.93 bits per heavy atom. The minimum atomic E-state index is -0.883. The van der Waals surface area contributed by atoms with Gasteiger partial charge in [0.15, 0.2) is 5.12 Å². The molecule has 0 heterocycles. The Balaban J connectivity index is 3.05. The lowest BCUT2D eigenvalue weighted by Gasteiger charge is -2.10. The summed E-state index contributed by atoms with van der Waals surface area (Å²) in [5, 5.41) is 8.86. The number of hydrogen-bond acceptors (Lipinski definition) is 3. The molecule has 0 amide bonds. The van der Waals surface area contributed by atoms with Crippen molar-refractivity contribution in [3.63, 3.8) is 0 Å². The van der Waals surface area contributed by atoms with Crippen molar-refractivity contribution in [2.45, 2.75) is 24.7 Å². The molecule has 0 aliphatic rings. The zero-order chi connectivity index (χ0) is 11.4. The highest BCUT2D eigenvalue weighted by molar-refractivity contribution is 8.13. The van der Waals surface area contributed by atoms with Crippen molar-refractivity contribution < 1.29 is 14.7 Å². The van der Waals surface area contributed by atoms with Crippen LogP contribution in [0.4, 0.5) is 0 Å². The summed E-state index contributed by atoms with van der Waals surface area (Å²) in [6.07, 6.45) is 0. The molecule has 0 fully saturated rings. The SMILES string of the molecule is CC(=O)Sc1ccccc1[C@@H](C)C(=O)O. The quantitative estimate of drug-likeness (QED) is 0.801. The maximum atomic E-state index is 11.0. The highest BCUT2D eigenvalue weighted by atomic mass is 32.2. The smallest absolute Gasteiger partial charge is 0.310 e. The summed E-state index contributed by atoms with van der Waals surface area (Å²) in [6.45, 7) is 3.08. The lowest BCUT2D eigenvalue weighted by Crippen LogP contribution is -2.08. The van der Waals surface area contributed by atoms with Crippen molar-refractivity contribution in [2.24, 2.45) is 0 Å². The fourth-order valence-corrected chi connectivity index (χ4v) is 2.04. The molecule has 0 bridgehead atoms. The predicted molar refractivity (Wildman–Crippen MR) is 59.0 cm³/mol. The van der Waals surface area contributed by atoms with E-state index in [9.17, 15) is 9.59 Å². The van der Waals surface area contributed by atoms with E-state index in [2.05, 4.69) is 0 Å². The molecule has 4 heteroatoms. The van der Waals surface area contributed by atoms with Crippen LogP contribution in [0.5, 0.6) is 0 Å². The van der Waals surface area contributed by atoms with E-state index in [0.29, 0.717) is 5.56 Å². The summed E-state index contributed by atoms with van der Waals surface area (Å²) in [5.74, 6) is -1.47. The van der Waals surface area contributed by atoms with Crippen molar-refractivity contribution in [2.75, 3.05) is 0 Å². The normalized spacial score (nSPS) is 12.1. The maximum Gasteiger partial charge on any atom is 0.310 e. The third-order valence-corrected chi connectivity index (χ3v) is 2.89. The Hall–Kier alpha value is -1.29. The van der Waals surface area contributed by atoms with Gasteiger partial charge in [-0.2, -0.15) is 0 Å². The zero-order valence-electron chi connectivity index (χ0n) is 8.56. The molecule has 0 aromatic heterocycles. The number of carboxylic acid groups (broad SMARTS) is 1. The zero-order valence-corrected chi connectivity index (χ0v) is 9.38. The number of carboxylic acids is 1. The Bertz CT molecular complexity index is 387. The summed E-state index contributed by atoms with van der Waals surface area (Å²) in [4.78, 5) is 22.5. The number of carbonyl (C=O) groups excluding carboxylic acids is 1. The molecule has 0 saturated carbocycles. The van der Waals surface area contributed by atoms with Crippen molar-refractivity contribution in [3.8, 4) is 0 Å². The first-order valence-electron chi connectivity index (χ1n) is 4.52. The Kier molecular flexibility index (Phi) is 3.91. The maximum absolute atomic E-state index is 11.0. The molecule has 0 unspecified atom stereocenters. The van der Waals surface area contributed by atoms with E-state index >= 15 is 0 Å². The monoisotopic (exact) mass is 224 g/mol. The van der Waals surface area contributed by atoms with Gasteiger partial charge in [0.25, 0.3) is 0 Å². The number of rotatable bonds is 3. The molecule has 0 radical (unpaired) electrons. The van der Waals surface area contributed by atoms with Crippen molar-refractivity contribution >= 4 is 22.8 Å². The van der Waals surface area contributed by atoms with Gasteiger partial charge in [0.2, 0.25) is 0 Å². The fraction of sp³-hybridized carbons (Fsp3) is 0.273. The Morgan fingerprint density at radius 3 is 2.47 bits per heavy atom. The first kappa shape index (κ1) is 11.8. The van der Waals surface area contributed by atoms with Gasteiger partial charge >= 0.3 is 5.97 Å². The highest BCUT2D eigenvalue weighted by Gasteiger charge is 2.17. The number of hydrogen-bond donors (Lipinski definition) is 1. The summed E-state index contributed by atoms with van der Waals surface area (Å²) in [5.41, 5.74) is 0.685. The van der Waals surface area contributed by atoms with E-state index in [1.165, 1.54) is 6.92 Å². The molecule has 15 heavy (non-hydrogen) atoms. The standard InChI is InChI=1S/C11H12O3S/c1-7(11(13)14)9-5-3-4-6-10(9)15-8(2)12/h3-7H,1-2H3,(H,13,14)/t7-/m1/s1. The van der Waals surface area contributed by atoms with E-state index in [1.54, 1.807) is 31.2 Å². The van der Waals surface area contributed by atoms with Gasteiger partial charge < -0.3 is 5.11 Å². The second kappa shape index (κ2) is 4.98. The van der Waals surface area contributed by atoms with Gasteiger partial charge in [-0.1, -0.05) is 30.0 Å². The molecule has 0 spiro atoms. The second-order valence-corrected chi connectivity index (χ2v) is 4.41. The minimum absolute atomic E-state index is 0.0416. The van der Waals surface area contributed by atoms with Crippen LogP contribution in [0, 0.1) is 0 Å². The topological polar surface area (TPSA) is 54.4 Å². The molecule has 0 saturated heterocycles. The van der Waals surface area contributed by atoms with Crippen molar-refractivity contribution in [1.29, 1.82) is 0 Å². The molecule has 1 atom stereocenters. The molecule has 80 valence electrons. The number of aliphatic carboxylic acids is 1. The van der Waals surface area contributed by atoms with Gasteiger partial charge in [-0.15, -0.1) is 0 Å². The van der Waals surface area contributed by atoms with Gasteiger partial charge in [0.05, 0.1) is 5.92 Å². The molecule has 0 aliphatic heterocycles. The molecule has 0 aliphatic carbocycles. The van der Waals surface area contributed by atoms with Crippen LogP contribution in [0.2, 0.25) is 0 Å². The Morgan fingerprint density at radius 1 is 1.33 bits per heavy atom. The number of thioether (sulfide) groups is 1. The van der Waals surface area contributed by atoms with Crippen LogP contribution in [-0.4, -0.2) is 16.2 Å². The number of carbonyl (C=O) groups is 2. The first-order valence-corrected chi connectivity index (χ1v) is 5.34. The van der Waals surface area contributed by atoms with Crippen LogP contribution >= 0.6 is 11.8 Å². The second-order valence-electron chi connectivity index (χ2n) is 3.19. The predicted octanol–water partition coefficient (Wildman–Crippen LogP) is 2.51. The Labute approximate surface area is 92.5 Å². The van der Waals surface area contributed by atoms with Crippen LogP contribution < -0.4 is 0 Å². The largest absolute Gasteiger partial charge is 0.481 e. The van der Waals surface area contributed by atoms with E-state index in [4.69, 9.17) is 5.11 Å². The van der Waals surface area contributed by atoms with Gasteiger partial charge in [-0.05, 0) is 18.6 Å². The van der Waals surface area contributed by atoms with Gasteiger partial charge in [0, 0.05) is 11.8 Å². The molecule has 1 aromatic rings. The van der Waals surface area contributed by atoms with E-state index in [1.807, 2.05) is 0 Å². The summed E-state index contributed by atoms with van der Waals surface area (Å²) >= 11 is 1.07. The highest BCUT2D eigenvalue weighted by Crippen LogP contribution is 2.28. The minimum Gasteiger partial charge on any atom is -0.481 e. The molecule has 1 rings (SSSR count). The molecule has 3 nitrogen and oxygen atoms in total. The van der Waals surface area contributed by atoms with Crippen LogP contribution in [0.1, 0.15) is 25.3 Å². The van der Waals surface area contributed by atoms with Gasteiger partial charge in [0.1, 0.15) is 0 Å². The number of benzene rings is 1. The summed E-state index contributed by atoms with van der Waals surface area (Å²) in [6, 6.07) is 7.08. The lowest BCUT2D eigenvalue weighted by molar-refractivity contribution is -0.138. The fourth-order valence-electron chi connectivity index (χ4n) is 1.22. The van der Waals surface area contributed by atoms with Gasteiger partial charge in [-0.25, -0.2) is 0 Å². The van der Waals surface area contributed by atoms with Crippen LogP contribution in [0.3, 0.4) is 0 Å². The first-order chi connectivity index (χ1) is 7.02. The lowest BCUT2D eigenvalue weighted by atomic mass is 10.0. The molecule has 1 N–H and O–H groups in total. The van der Waals surface area contributed by atoms with E-state index in [0.717, 1.165) is 16.7 Å². The average molecular weight is 224 g/mol. The van der Waals surface area contributed by atoms with Gasteiger partial charge in [-0.3, -0.25) is 9.59 Å². The van der Waals surface area contributed by atoms with E-state index in [-0.39, 0.29) is 5.12 Å². The summed E-state index contributed by atoms with van der Waals surface area (Å²) in [7, 11) is 0.